The zero-order chi connectivity index (χ0) is 17.5. The number of aryl methyl sites for hydroxylation is 1. The van der Waals surface area contributed by atoms with Crippen molar-refractivity contribution in [1.29, 1.82) is 5.26 Å². The number of nitro groups is 1. The van der Waals surface area contributed by atoms with Gasteiger partial charge in [-0.15, -0.1) is 0 Å². The molecule has 0 atom stereocenters. The summed E-state index contributed by atoms with van der Waals surface area (Å²) in [6.07, 6.45) is 0.870. The first-order chi connectivity index (χ1) is 11.5. The molecule has 0 aliphatic rings. The second-order valence-corrected chi connectivity index (χ2v) is 5.44. The summed E-state index contributed by atoms with van der Waals surface area (Å²) in [5, 5.41) is 19.8. The van der Waals surface area contributed by atoms with Gasteiger partial charge in [-0.2, -0.15) is 5.26 Å². The van der Waals surface area contributed by atoms with Gasteiger partial charge in [0.25, 0.3) is 5.69 Å². The van der Waals surface area contributed by atoms with Gasteiger partial charge in [0.2, 0.25) is 5.91 Å². The van der Waals surface area contributed by atoms with Gasteiger partial charge in [0.05, 0.1) is 23.1 Å². The molecule has 0 unspecified atom stereocenters. The van der Waals surface area contributed by atoms with E-state index < -0.39 is 4.92 Å². The number of benzene rings is 2. The predicted octanol–water partition coefficient (Wildman–Crippen LogP) is 3.06. The summed E-state index contributed by atoms with van der Waals surface area (Å²) in [6, 6.07) is 15.6. The van der Waals surface area contributed by atoms with Crippen LogP contribution in [0.2, 0.25) is 0 Å². The van der Waals surface area contributed by atoms with Crippen LogP contribution in [-0.2, 0) is 17.8 Å². The molecule has 0 fully saturated rings. The van der Waals surface area contributed by atoms with Gasteiger partial charge in [-0.05, 0) is 24.1 Å². The zero-order valence-corrected chi connectivity index (χ0v) is 13.3. The fourth-order valence-electron chi connectivity index (χ4n) is 2.35. The lowest BCUT2D eigenvalue weighted by Crippen LogP contribution is -2.26. The topological polar surface area (TPSA) is 87.2 Å². The molecule has 2 rings (SSSR count). The highest BCUT2D eigenvalue weighted by molar-refractivity contribution is 5.76. The predicted molar refractivity (Wildman–Crippen MR) is 89.0 cm³/mol. The lowest BCUT2D eigenvalue weighted by atomic mass is 10.1. The number of amides is 1. The molecule has 0 heterocycles. The fourth-order valence-corrected chi connectivity index (χ4v) is 2.35. The first kappa shape index (κ1) is 17.2. The first-order valence-corrected chi connectivity index (χ1v) is 7.46. The molecule has 0 aromatic heterocycles. The van der Waals surface area contributed by atoms with Crippen molar-refractivity contribution in [2.24, 2.45) is 0 Å². The lowest BCUT2D eigenvalue weighted by molar-refractivity contribution is -0.385. The number of nitriles is 1. The molecule has 0 spiro atoms. The largest absolute Gasteiger partial charge is 0.341 e. The minimum atomic E-state index is -0.440. The molecule has 2 aromatic rings. The molecule has 0 aliphatic carbocycles. The highest BCUT2D eigenvalue weighted by Crippen LogP contribution is 2.19. The Kier molecular flexibility index (Phi) is 5.63. The van der Waals surface area contributed by atoms with Crippen LogP contribution in [0.4, 0.5) is 5.69 Å². The summed E-state index contributed by atoms with van der Waals surface area (Å²) in [6.45, 7) is 0.198. The summed E-state index contributed by atoms with van der Waals surface area (Å²) in [7, 11) is 1.64. The average Bonchev–Trinajstić information content (AvgIpc) is 2.60. The Balaban J connectivity index is 1.95. The van der Waals surface area contributed by atoms with E-state index in [1.165, 1.54) is 11.0 Å². The minimum Gasteiger partial charge on any atom is -0.341 e. The van der Waals surface area contributed by atoms with Crippen LogP contribution in [0.5, 0.6) is 0 Å². The van der Waals surface area contributed by atoms with Crippen LogP contribution in [0, 0.1) is 21.4 Å². The van der Waals surface area contributed by atoms with E-state index in [1.807, 2.05) is 18.2 Å². The van der Waals surface area contributed by atoms with Crippen molar-refractivity contribution in [1.82, 2.24) is 4.90 Å². The van der Waals surface area contributed by atoms with Crippen molar-refractivity contribution in [3.05, 3.63) is 75.3 Å². The Hall–Kier alpha value is -3.20. The van der Waals surface area contributed by atoms with E-state index in [9.17, 15) is 14.9 Å². The van der Waals surface area contributed by atoms with Gasteiger partial charge in [-0.1, -0.05) is 30.3 Å². The Morgan fingerprint density at radius 3 is 2.50 bits per heavy atom. The second-order valence-electron chi connectivity index (χ2n) is 5.44. The number of rotatable bonds is 6. The van der Waals surface area contributed by atoms with Crippen molar-refractivity contribution in [3.63, 3.8) is 0 Å². The van der Waals surface area contributed by atoms with Gasteiger partial charge < -0.3 is 4.90 Å². The van der Waals surface area contributed by atoms with Gasteiger partial charge in [0.15, 0.2) is 0 Å². The molecular formula is C18H17N3O3. The van der Waals surface area contributed by atoms with E-state index in [1.54, 1.807) is 37.4 Å². The van der Waals surface area contributed by atoms with E-state index in [2.05, 4.69) is 0 Å². The molecule has 1 amide bonds. The first-order valence-electron chi connectivity index (χ1n) is 7.46. The number of para-hydroxylation sites is 1. The van der Waals surface area contributed by atoms with Gasteiger partial charge >= 0.3 is 0 Å². The average molecular weight is 323 g/mol. The molecular weight excluding hydrogens is 306 g/mol. The summed E-state index contributed by atoms with van der Waals surface area (Å²) in [5.74, 6) is -0.0856. The van der Waals surface area contributed by atoms with Crippen molar-refractivity contribution in [2.45, 2.75) is 19.4 Å². The van der Waals surface area contributed by atoms with Crippen LogP contribution in [0.1, 0.15) is 23.1 Å². The lowest BCUT2D eigenvalue weighted by Gasteiger charge is -2.17. The third kappa shape index (κ3) is 4.40. The highest BCUT2D eigenvalue weighted by atomic mass is 16.6. The Bertz CT molecular complexity index is 779. The molecule has 0 saturated carbocycles. The summed E-state index contributed by atoms with van der Waals surface area (Å²) in [5.41, 5.74) is 2.08. The number of nitrogens with zero attached hydrogens (tertiary/aromatic N) is 3. The maximum Gasteiger partial charge on any atom is 0.274 e. The molecule has 0 aliphatic heterocycles. The number of carbonyl (C=O) groups is 1. The van der Waals surface area contributed by atoms with Crippen molar-refractivity contribution >= 4 is 11.6 Å². The summed E-state index contributed by atoms with van der Waals surface area (Å²) >= 11 is 0. The third-order valence-electron chi connectivity index (χ3n) is 3.73. The molecule has 0 saturated heterocycles. The van der Waals surface area contributed by atoms with Crippen LogP contribution in [0.15, 0.2) is 48.5 Å². The molecule has 0 bridgehead atoms. The maximum absolute atomic E-state index is 12.2. The van der Waals surface area contributed by atoms with E-state index in [0.717, 1.165) is 5.56 Å². The zero-order valence-electron chi connectivity index (χ0n) is 13.3. The molecule has 0 radical (unpaired) electrons. The van der Waals surface area contributed by atoms with Crippen LogP contribution in [-0.4, -0.2) is 22.8 Å². The number of nitro benzene ring substituents is 1. The second kappa shape index (κ2) is 7.88. The Morgan fingerprint density at radius 2 is 1.88 bits per heavy atom. The number of hydrogen-bond acceptors (Lipinski definition) is 4. The maximum atomic E-state index is 12.2. The molecule has 0 N–H and O–H groups in total. The normalized spacial score (nSPS) is 10.0. The van der Waals surface area contributed by atoms with Crippen LogP contribution in [0.25, 0.3) is 0 Å². The SMILES string of the molecule is CN(Cc1ccccc1[N+](=O)[O-])C(=O)CCc1ccc(C#N)cc1. The summed E-state index contributed by atoms with van der Waals surface area (Å²) < 4.78 is 0. The summed E-state index contributed by atoms with van der Waals surface area (Å²) in [4.78, 5) is 24.3. The fraction of sp³-hybridized carbons (Fsp3) is 0.222. The van der Waals surface area contributed by atoms with Crippen molar-refractivity contribution in [2.75, 3.05) is 7.05 Å². The molecule has 122 valence electrons. The highest BCUT2D eigenvalue weighted by Gasteiger charge is 2.16. The van der Waals surface area contributed by atoms with E-state index in [4.69, 9.17) is 5.26 Å². The number of carbonyl (C=O) groups excluding carboxylic acids is 1. The van der Waals surface area contributed by atoms with Gasteiger partial charge in [0.1, 0.15) is 0 Å². The standard InChI is InChI=1S/C18H17N3O3/c1-20(13-16-4-2-3-5-17(16)21(23)24)18(22)11-10-14-6-8-15(12-19)9-7-14/h2-9H,10-11,13H2,1H3. The van der Waals surface area contributed by atoms with Crippen molar-refractivity contribution in [3.8, 4) is 6.07 Å². The van der Waals surface area contributed by atoms with Crippen LogP contribution in [0.3, 0.4) is 0 Å². The smallest absolute Gasteiger partial charge is 0.274 e. The Morgan fingerprint density at radius 1 is 1.21 bits per heavy atom. The Labute approximate surface area is 140 Å². The molecule has 6 nitrogen and oxygen atoms in total. The van der Waals surface area contributed by atoms with Gasteiger partial charge in [-0.3, -0.25) is 14.9 Å². The van der Waals surface area contributed by atoms with E-state index in [0.29, 0.717) is 24.0 Å². The van der Waals surface area contributed by atoms with Crippen LogP contribution < -0.4 is 0 Å². The minimum absolute atomic E-state index is 0.0178. The van der Waals surface area contributed by atoms with Gasteiger partial charge in [-0.25, -0.2) is 0 Å². The van der Waals surface area contributed by atoms with Crippen LogP contribution >= 0.6 is 0 Å². The van der Waals surface area contributed by atoms with E-state index in [-0.39, 0.29) is 18.1 Å². The monoisotopic (exact) mass is 323 g/mol. The molecule has 24 heavy (non-hydrogen) atoms. The molecule has 6 heteroatoms. The van der Waals surface area contributed by atoms with E-state index >= 15 is 0 Å². The number of hydrogen-bond donors (Lipinski definition) is 0. The quantitative estimate of drug-likeness (QED) is 0.604. The third-order valence-corrected chi connectivity index (χ3v) is 3.73. The van der Waals surface area contributed by atoms with Gasteiger partial charge in [0, 0.05) is 25.1 Å². The van der Waals surface area contributed by atoms with Crippen molar-refractivity contribution < 1.29 is 9.72 Å². The molecule has 2 aromatic carbocycles.